The summed E-state index contributed by atoms with van der Waals surface area (Å²) >= 11 is 0. The van der Waals surface area contributed by atoms with Gasteiger partial charge in [0.2, 0.25) is 0 Å². The summed E-state index contributed by atoms with van der Waals surface area (Å²) in [6.45, 7) is 12.9. The molecule has 4 rings (SSSR count). The average molecular weight is 320 g/mol. The molecule has 0 N–H and O–H groups in total. The Balaban J connectivity index is 2.01. The molecule has 3 heteroatoms. The molecular weight excluding hydrogens is 288 g/mol. The maximum absolute atomic E-state index is 13.0. The van der Waals surface area contributed by atoms with E-state index in [9.17, 15) is 9.59 Å². The number of fused-ring (bicyclic) bond motifs is 2. The van der Waals surface area contributed by atoms with Gasteiger partial charge in [-0.25, -0.2) is 0 Å². The summed E-state index contributed by atoms with van der Waals surface area (Å²) in [4.78, 5) is 24.5. The van der Waals surface area contributed by atoms with Crippen molar-refractivity contribution < 1.29 is 14.3 Å². The first kappa shape index (κ1) is 17.0. The third-order valence-electron chi connectivity index (χ3n) is 6.56. The maximum Gasteiger partial charge on any atom is 0.302 e. The van der Waals surface area contributed by atoms with Gasteiger partial charge < -0.3 is 4.74 Å². The molecule has 0 aromatic rings. The molecule has 130 valence electrons. The fourth-order valence-corrected chi connectivity index (χ4v) is 7.38. The van der Waals surface area contributed by atoms with Crippen LogP contribution in [0, 0.1) is 27.6 Å². The van der Waals surface area contributed by atoms with E-state index in [1.165, 1.54) is 6.92 Å². The Labute approximate surface area is 140 Å². The van der Waals surface area contributed by atoms with Crippen LogP contribution in [-0.2, 0) is 14.3 Å². The Morgan fingerprint density at radius 2 is 1.70 bits per heavy atom. The summed E-state index contributed by atoms with van der Waals surface area (Å²) in [5, 5.41) is 0. The number of carbonyl (C=O) groups is 2. The molecule has 0 radical (unpaired) electrons. The van der Waals surface area contributed by atoms with Gasteiger partial charge in [0.25, 0.3) is 0 Å². The molecule has 4 aliphatic rings. The Morgan fingerprint density at radius 3 is 2.22 bits per heavy atom. The molecule has 1 spiro atoms. The topological polar surface area (TPSA) is 43.4 Å². The van der Waals surface area contributed by atoms with E-state index >= 15 is 0 Å². The lowest BCUT2D eigenvalue weighted by atomic mass is 9.38. The first-order valence-corrected chi connectivity index (χ1v) is 9.07. The van der Waals surface area contributed by atoms with Crippen molar-refractivity contribution in [2.24, 2.45) is 27.6 Å². The minimum atomic E-state index is -0.194. The quantitative estimate of drug-likeness (QED) is 0.667. The van der Waals surface area contributed by atoms with Crippen LogP contribution < -0.4 is 0 Å². The van der Waals surface area contributed by atoms with E-state index in [0.717, 1.165) is 38.5 Å². The van der Waals surface area contributed by atoms with Crippen LogP contribution in [0.2, 0.25) is 0 Å². The second-order valence-corrected chi connectivity index (χ2v) is 10.6. The van der Waals surface area contributed by atoms with Crippen molar-refractivity contribution in [1.29, 1.82) is 0 Å². The lowest BCUT2D eigenvalue weighted by Gasteiger charge is -2.65. The van der Waals surface area contributed by atoms with Gasteiger partial charge in [0.05, 0.1) is 0 Å². The Bertz CT molecular complexity index is 540. The highest BCUT2D eigenvalue weighted by atomic mass is 16.5. The van der Waals surface area contributed by atoms with E-state index in [4.69, 9.17) is 4.74 Å². The van der Waals surface area contributed by atoms with Crippen molar-refractivity contribution in [1.82, 2.24) is 0 Å². The molecule has 0 aromatic carbocycles. The second-order valence-electron chi connectivity index (χ2n) is 10.6. The summed E-state index contributed by atoms with van der Waals surface area (Å²) in [5.41, 5.74) is 0.288. The first-order valence-electron chi connectivity index (χ1n) is 9.07. The van der Waals surface area contributed by atoms with Crippen molar-refractivity contribution >= 4 is 11.8 Å². The molecule has 4 aliphatic carbocycles. The highest BCUT2D eigenvalue weighted by Gasteiger charge is 2.65. The van der Waals surface area contributed by atoms with Crippen LogP contribution in [0.25, 0.3) is 0 Å². The molecule has 0 aliphatic heterocycles. The van der Waals surface area contributed by atoms with Crippen molar-refractivity contribution in [2.45, 2.75) is 86.2 Å². The van der Waals surface area contributed by atoms with Crippen LogP contribution in [0.4, 0.5) is 0 Å². The Kier molecular flexibility index (Phi) is 3.56. The fourth-order valence-electron chi connectivity index (χ4n) is 7.38. The van der Waals surface area contributed by atoms with Crippen LogP contribution in [0.3, 0.4) is 0 Å². The minimum absolute atomic E-state index is 0.00764. The highest BCUT2D eigenvalue weighted by molar-refractivity contribution is 5.85. The van der Waals surface area contributed by atoms with Gasteiger partial charge in [0, 0.05) is 19.3 Å². The molecule has 4 saturated carbocycles. The largest absolute Gasteiger partial charge is 0.463 e. The van der Waals surface area contributed by atoms with Gasteiger partial charge in [-0.05, 0) is 53.8 Å². The van der Waals surface area contributed by atoms with Crippen LogP contribution in [-0.4, -0.2) is 17.9 Å². The second kappa shape index (κ2) is 4.83. The van der Waals surface area contributed by atoms with Crippen LogP contribution in [0.5, 0.6) is 0 Å². The van der Waals surface area contributed by atoms with Gasteiger partial charge in [0.15, 0.2) is 0 Å². The summed E-state index contributed by atoms with van der Waals surface area (Å²) in [7, 11) is 0. The number of esters is 1. The molecule has 0 amide bonds. The third-order valence-corrected chi connectivity index (χ3v) is 6.56. The maximum atomic E-state index is 13.0. The zero-order chi connectivity index (χ0) is 17.3. The van der Waals surface area contributed by atoms with E-state index in [1.54, 1.807) is 0 Å². The zero-order valence-electron chi connectivity index (χ0n) is 15.6. The summed E-state index contributed by atoms with van der Waals surface area (Å²) < 4.78 is 5.65. The molecule has 0 heterocycles. The van der Waals surface area contributed by atoms with E-state index in [1.807, 2.05) is 0 Å². The first-order chi connectivity index (χ1) is 10.4. The van der Waals surface area contributed by atoms with E-state index < -0.39 is 0 Å². The summed E-state index contributed by atoms with van der Waals surface area (Å²) in [6, 6.07) is 0. The molecule has 23 heavy (non-hydrogen) atoms. The predicted molar refractivity (Wildman–Crippen MR) is 89.9 cm³/mol. The SMILES string of the molecule is CC(=O)OC1CC(C)(C)CC2(C1)CC1(C)CC(=O)C2C(C)(C)C1. The van der Waals surface area contributed by atoms with E-state index in [2.05, 4.69) is 34.6 Å². The van der Waals surface area contributed by atoms with Gasteiger partial charge in [-0.2, -0.15) is 0 Å². The standard InChI is InChI=1S/C20H32O3/c1-13(21)23-14-7-17(2,3)10-20(8-14)12-19(6)9-15(22)16(20)18(4,5)11-19/h14,16H,7-12H2,1-6H3. The molecule has 4 unspecified atom stereocenters. The molecule has 4 atom stereocenters. The molecule has 0 saturated heterocycles. The number of hydrogen-bond acceptors (Lipinski definition) is 3. The van der Waals surface area contributed by atoms with Gasteiger partial charge in [-0.15, -0.1) is 0 Å². The smallest absolute Gasteiger partial charge is 0.302 e. The van der Waals surface area contributed by atoms with Gasteiger partial charge in [-0.1, -0.05) is 34.6 Å². The minimum Gasteiger partial charge on any atom is -0.463 e. The van der Waals surface area contributed by atoms with E-state index in [0.29, 0.717) is 5.78 Å². The zero-order valence-corrected chi connectivity index (χ0v) is 15.6. The normalized spacial score (nSPS) is 44.3. The van der Waals surface area contributed by atoms with Crippen LogP contribution in [0.15, 0.2) is 0 Å². The Morgan fingerprint density at radius 1 is 1.04 bits per heavy atom. The Hall–Kier alpha value is -0.860. The van der Waals surface area contributed by atoms with Gasteiger partial charge in [-0.3, -0.25) is 9.59 Å². The molecule has 4 fully saturated rings. The summed E-state index contributed by atoms with van der Waals surface area (Å²) in [5.74, 6) is 0.379. The number of carbonyl (C=O) groups excluding carboxylic acids is 2. The number of Topliss-reactive ketones (excluding diaryl/α,β-unsaturated/α-hetero) is 1. The van der Waals surface area contributed by atoms with Gasteiger partial charge in [0.1, 0.15) is 11.9 Å². The monoisotopic (exact) mass is 320 g/mol. The molecular formula is C20H32O3. The van der Waals surface area contributed by atoms with Crippen molar-refractivity contribution in [2.75, 3.05) is 0 Å². The van der Waals surface area contributed by atoms with E-state index in [-0.39, 0.29) is 39.7 Å². The highest BCUT2D eigenvalue weighted by Crippen LogP contribution is 2.69. The lowest BCUT2D eigenvalue weighted by Crippen LogP contribution is -2.62. The third kappa shape index (κ3) is 2.85. The predicted octanol–water partition coefficient (Wildman–Crippen LogP) is 4.53. The number of rotatable bonds is 1. The molecule has 2 bridgehead atoms. The summed E-state index contributed by atoms with van der Waals surface area (Å²) in [6.07, 6.45) is 5.80. The van der Waals surface area contributed by atoms with Crippen LogP contribution in [0.1, 0.15) is 80.1 Å². The number of ketones is 1. The van der Waals surface area contributed by atoms with Crippen molar-refractivity contribution in [3.05, 3.63) is 0 Å². The molecule has 3 nitrogen and oxygen atoms in total. The van der Waals surface area contributed by atoms with Crippen molar-refractivity contribution in [3.8, 4) is 0 Å². The number of ether oxygens (including phenoxy) is 1. The van der Waals surface area contributed by atoms with Gasteiger partial charge >= 0.3 is 5.97 Å². The fraction of sp³-hybridized carbons (Fsp3) is 0.900. The van der Waals surface area contributed by atoms with Crippen LogP contribution >= 0.6 is 0 Å². The molecule has 0 aromatic heterocycles. The van der Waals surface area contributed by atoms with Crippen molar-refractivity contribution in [3.63, 3.8) is 0 Å². The number of hydrogen-bond donors (Lipinski definition) is 0. The lowest BCUT2D eigenvalue weighted by molar-refractivity contribution is -0.192. The average Bonchev–Trinajstić information content (AvgIpc) is 2.17.